The van der Waals surface area contributed by atoms with Gasteiger partial charge in [0, 0.05) is 12.2 Å². The topological polar surface area (TPSA) is 106 Å². The molecule has 2 aromatic rings. The number of aliphatic carboxylic acids is 1. The molecule has 0 amide bonds. The van der Waals surface area contributed by atoms with Crippen molar-refractivity contribution in [2.75, 3.05) is 20.3 Å². The van der Waals surface area contributed by atoms with E-state index in [0.29, 0.717) is 6.61 Å². The lowest BCUT2D eigenvalue weighted by molar-refractivity contribution is -0.295. The largest absolute Gasteiger partial charge is 0.545 e. The average molecular weight is 522 g/mol. The molecule has 1 heterocycles. The second-order valence-corrected chi connectivity index (χ2v) is 7.22. The minimum Gasteiger partial charge on any atom is -0.545 e. The highest BCUT2D eigenvalue weighted by Crippen LogP contribution is 2.41. The Bertz CT molecular complexity index is 961. The van der Waals surface area contributed by atoms with E-state index in [2.05, 4.69) is 21.0 Å². The van der Waals surface area contributed by atoms with E-state index in [1.807, 2.05) is 0 Å². The molecule has 176 valence electrons. The van der Waals surface area contributed by atoms with E-state index in [4.69, 9.17) is 14.2 Å². The maximum Gasteiger partial charge on any atom is 0.424 e. The van der Waals surface area contributed by atoms with E-state index < -0.39 is 40.9 Å². The molecule has 0 aliphatic heterocycles. The van der Waals surface area contributed by atoms with Gasteiger partial charge in [-0.2, -0.15) is 13.2 Å². The number of nitrogens with zero attached hydrogens (tertiary/aromatic N) is 2. The quantitative estimate of drug-likeness (QED) is 0.357. The van der Waals surface area contributed by atoms with E-state index >= 15 is 0 Å². The van der Waals surface area contributed by atoms with Crippen LogP contribution < -0.4 is 9.84 Å². The number of hydrogen-bond donors (Lipinski definition) is 1. The van der Waals surface area contributed by atoms with Gasteiger partial charge in [0.2, 0.25) is 5.88 Å². The van der Waals surface area contributed by atoms with Gasteiger partial charge in [0.15, 0.2) is 5.56 Å². The van der Waals surface area contributed by atoms with Crippen LogP contribution in [0.15, 0.2) is 35.1 Å². The highest BCUT2D eigenvalue weighted by molar-refractivity contribution is 9.10. The summed E-state index contributed by atoms with van der Waals surface area (Å²) < 4.78 is 56.6. The number of methoxy groups -OCH3 is 1. The third-order valence-corrected chi connectivity index (χ3v) is 4.97. The predicted molar refractivity (Wildman–Crippen MR) is 108 cm³/mol. The SMILES string of the molecule is CCOCC(O)Cn1nc(OCc2ccccc2/C(=C\OC)C(=O)[O-])c(C(F)(F)F)c1Br. The van der Waals surface area contributed by atoms with Gasteiger partial charge in [0.1, 0.15) is 11.2 Å². The van der Waals surface area contributed by atoms with Crippen LogP contribution in [0.25, 0.3) is 5.57 Å². The predicted octanol–water partition coefficient (Wildman–Crippen LogP) is 2.38. The van der Waals surface area contributed by atoms with Crippen LogP contribution in [-0.2, 0) is 33.6 Å². The summed E-state index contributed by atoms with van der Waals surface area (Å²) in [4.78, 5) is 11.4. The van der Waals surface area contributed by atoms with Crippen molar-refractivity contribution >= 4 is 27.5 Å². The number of ether oxygens (including phenoxy) is 3. The summed E-state index contributed by atoms with van der Waals surface area (Å²) in [6, 6.07) is 6.07. The second-order valence-electron chi connectivity index (χ2n) is 6.46. The first-order valence-corrected chi connectivity index (χ1v) is 10.1. The zero-order chi connectivity index (χ0) is 23.9. The summed E-state index contributed by atoms with van der Waals surface area (Å²) in [7, 11) is 1.25. The van der Waals surface area contributed by atoms with Crippen molar-refractivity contribution < 1.29 is 42.4 Å². The Kier molecular flexibility index (Phi) is 9.10. The maximum absolute atomic E-state index is 13.6. The van der Waals surface area contributed by atoms with Gasteiger partial charge >= 0.3 is 6.18 Å². The smallest absolute Gasteiger partial charge is 0.424 e. The number of aliphatic hydroxyl groups is 1. The number of halogens is 4. The first-order chi connectivity index (χ1) is 15.1. The highest BCUT2D eigenvalue weighted by Gasteiger charge is 2.41. The Balaban J connectivity index is 2.35. The molecule has 2 rings (SSSR count). The molecule has 1 atom stereocenters. The molecule has 0 saturated heterocycles. The molecule has 0 saturated carbocycles. The standard InChI is InChI=1S/C20H22BrF3N2O6/c1-3-31-10-13(27)8-26-17(21)16(20(22,23)24)18(25-26)32-9-12-6-4-5-7-14(12)15(11-30-2)19(28)29/h4-7,11,13,27H,3,8-10H2,1-2H3,(H,28,29)/p-1/b15-11+. The highest BCUT2D eigenvalue weighted by atomic mass is 79.9. The number of carbonyl (C=O) groups is 1. The van der Waals surface area contributed by atoms with E-state index in [0.717, 1.165) is 10.9 Å². The first kappa shape index (κ1) is 25.7. The van der Waals surface area contributed by atoms with Crippen LogP contribution in [0.5, 0.6) is 5.88 Å². The fourth-order valence-corrected chi connectivity index (χ4v) is 3.40. The Morgan fingerprint density at radius 1 is 1.38 bits per heavy atom. The van der Waals surface area contributed by atoms with Crippen LogP contribution in [0, 0.1) is 0 Å². The second kappa shape index (κ2) is 11.3. The van der Waals surface area contributed by atoms with Crippen molar-refractivity contribution in [3.05, 3.63) is 51.8 Å². The molecule has 0 aliphatic rings. The Morgan fingerprint density at radius 2 is 2.06 bits per heavy atom. The lowest BCUT2D eigenvalue weighted by atomic mass is 10.0. The lowest BCUT2D eigenvalue weighted by Gasteiger charge is -2.14. The number of benzene rings is 1. The van der Waals surface area contributed by atoms with Crippen molar-refractivity contribution in [2.24, 2.45) is 0 Å². The molecule has 32 heavy (non-hydrogen) atoms. The fourth-order valence-electron chi connectivity index (χ4n) is 2.78. The molecule has 0 spiro atoms. The van der Waals surface area contributed by atoms with Crippen molar-refractivity contribution in [1.29, 1.82) is 0 Å². The number of aromatic nitrogens is 2. The molecule has 8 nitrogen and oxygen atoms in total. The number of aliphatic hydroxyl groups excluding tert-OH is 1. The summed E-state index contributed by atoms with van der Waals surface area (Å²) in [5.74, 6) is -2.25. The van der Waals surface area contributed by atoms with Crippen molar-refractivity contribution in [3.63, 3.8) is 0 Å². The zero-order valence-corrected chi connectivity index (χ0v) is 18.8. The number of alkyl halides is 3. The third kappa shape index (κ3) is 6.47. The molecule has 0 aliphatic carbocycles. The summed E-state index contributed by atoms with van der Waals surface area (Å²) >= 11 is 2.88. The molecule has 1 N–H and O–H groups in total. The van der Waals surface area contributed by atoms with Crippen LogP contribution >= 0.6 is 15.9 Å². The van der Waals surface area contributed by atoms with Crippen LogP contribution in [0.3, 0.4) is 0 Å². The Labute approximate surface area is 190 Å². The van der Waals surface area contributed by atoms with Gasteiger partial charge in [-0.25, -0.2) is 0 Å². The molecular weight excluding hydrogens is 501 g/mol. The fraction of sp³-hybridized carbons (Fsp3) is 0.400. The molecular formula is C20H21BrF3N2O6-. The minimum atomic E-state index is -4.80. The Morgan fingerprint density at radius 3 is 2.66 bits per heavy atom. The number of hydrogen-bond acceptors (Lipinski definition) is 7. The number of carbonyl (C=O) groups excluding carboxylic acids is 1. The molecule has 1 aromatic carbocycles. The first-order valence-electron chi connectivity index (χ1n) is 9.34. The zero-order valence-electron chi connectivity index (χ0n) is 17.2. The van der Waals surface area contributed by atoms with Gasteiger partial charge < -0.3 is 29.2 Å². The normalized spacial score (nSPS) is 13.2. The summed E-state index contributed by atoms with van der Waals surface area (Å²) in [6.07, 6.45) is -4.94. The van der Waals surface area contributed by atoms with Crippen molar-refractivity contribution in [2.45, 2.75) is 32.4 Å². The van der Waals surface area contributed by atoms with Gasteiger partial charge in [0.25, 0.3) is 0 Å². The van der Waals surface area contributed by atoms with Gasteiger partial charge in [-0.1, -0.05) is 24.3 Å². The van der Waals surface area contributed by atoms with Gasteiger partial charge in [-0.05, 0) is 34.0 Å². The monoisotopic (exact) mass is 521 g/mol. The summed E-state index contributed by atoms with van der Waals surface area (Å²) in [5, 5.41) is 25.2. The number of carboxylic acids is 1. The molecule has 0 radical (unpaired) electrons. The van der Waals surface area contributed by atoms with Crippen LogP contribution in [0.4, 0.5) is 13.2 Å². The van der Waals surface area contributed by atoms with Crippen LogP contribution in [-0.4, -0.2) is 47.3 Å². The molecule has 1 aromatic heterocycles. The minimum absolute atomic E-state index is 0.0778. The molecule has 0 bridgehead atoms. The van der Waals surface area contributed by atoms with Crippen LogP contribution in [0.2, 0.25) is 0 Å². The van der Waals surface area contributed by atoms with Crippen molar-refractivity contribution in [3.8, 4) is 5.88 Å². The average Bonchev–Trinajstić information content (AvgIpc) is 3.04. The summed E-state index contributed by atoms with van der Waals surface area (Å²) in [5.41, 5.74) is -1.02. The lowest BCUT2D eigenvalue weighted by Crippen LogP contribution is -2.24. The Hall–Kier alpha value is -2.57. The van der Waals surface area contributed by atoms with Gasteiger partial charge in [-0.15, -0.1) is 5.10 Å². The van der Waals surface area contributed by atoms with Gasteiger partial charge in [-0.3, -0.25) is 4.68 Å². The van der Waals surface area contributed by atoms with E-state index in [-0.39, 0.29) is 29.9 Å². The number of rotatable bonds is 11. The summed E-state index contributed by atoms with van der Waals surface area (Å²) in [6.45, 7) is 1.29. The van der Waals surface area contributed by atoms with Crippen LogP contribution in [0.1, 0.15) is 23.6 Å². The third-order valence-electron chi connectivity index (χ3n) is 4.17. The molecule has 0 fully saturated rings. The number of carboxylic acid groups (broad SMARTS) is 1. The molecule has 1 unspecified atom stereocenters. The maximum atomic E-state index is 13.6. The molecule has 12 heteroatoms. The van der Waals surface area contributed by atoms with E-state index in [9.17, 15) is 28.2 Å². The van der Waals surface area contributed by atoms with E-state index in [1.165, 1.54) is 19.2 Å². The van der Waals surface area contributed by atoms with Gasteiger partial charge in [0.05, 0.1) is 38.6 Å². The van der Waals surface area contributed by atoms with E-state index in [1.54, 1.807) is 19.1 Å². The van der Waals surface area contributed by atoms with Crippen molar-refractivity contribution in [1.82, 2.24) is 9.78 Å².